The molecule has 1 aliphatic rings. The molecule has 0 unspecified atom stereocenters. The van der Waals surface area contributed by atoms with Crippen molar-refractivity contribution in [1.82, 2.24) is 10.3 Å². The van der Waals surface area contributed by atoms with Crippen molar-refractivity contribution in [2.45, 2.75) is 39.7 Å². The van der Waals surface area contributed by atoms with E-state index in [0.29, 0.717) is 6.04 Å². The summed E-state index contributed by atoms with van der Waals surface area (Å²) in [5, 5.41) is 6.35. The summed E-state index contributed by atoms with van der Waals surface area (Å²) in [5.74, 6) is 1.16. The highest BCUT2D eigenvalue weighted by Gasteiger charge is 2.24. The number of nitrogens with one attached hydrogen (secondary N) is 2. The molecule has 0 spiro atoms. The Bertz CT molecular complexity index is 462. The third-order valence-electron chi connectivity index (χ3n) is 4.10. The highest BCUT2D eigenvalue weighted by molar-refractivity contribution is 5.92. The number of hydrogen-bond acceptors (Lipinski definition) is 4. The second kappa shape index (κ2) is 8.96. The molecule has 5 nitrogen and oxygen atoms in total. The minimum atomic E-state index is 0. The molecule has 0 aliphatic carbocycles. The minimum Gasteiger partial charge on any atom is -0.357 e. The van der Waals surface area contributed by atoms with Gasteiger partial charge in [0.2, 0.25) is 5.91 Å². The van der Waals surface area contributed by atoms with Crippen LogP contribution in [0, 0.1) is 5.92 Å². The lowest BCUT2D eigenvalue weighted by molar-refractivity contribution is -0.120. The molecule has 0 bridgehead atoms. The number of aromatic nitrogens is 1. The molecule has 6 heteroatoms. The SMILES string of the molecule is CCN(CC)c1ccc(NC(=O)[C@H]2CCN[C@@H](C)C2)cn1.Cl. The summed E-state index contributed by atoms with van der Waals surface area (Å²) in [6.07, 6.45) is 3.55. The van der Waals surface area contributed by atoms with E-state index in [1.165, 1.54) is 0 Å². The highest BCUT2D eigenvalue weighted by Crippen LogP contribution is 2.19. The van der Waals surface area contributed by atoms with Gasteiger partial charge in [0.15, 0.2) is 0 Å². The summed E-state index contributed by atoms with van der Waals surface area (Å²) in [5.41, 5.74) is 0.780. The Morgan fingerprint density at radius 2 is 2.14 bits per heavy atom. The molecule has 1 fully saturated rings. The van der Waals surface area contributed by atoms with Crippen molar-refractivity contribution in [2.75, 3.05) is 29.9 Å². The summed E-state index contributed by atoms with van der Waals surface area (Å²) in [6.45, 7) is 9.13. The second-order valence-electron chi connectivity index (χ2n) is 5.64. The molecule has 1 saturated heterocycles. The van der Waals surface area contributed by atoms with E-state index >= 15 is 0 Å². The van der Waals surface area contributed by atoms with Gasteiger partial charge in [0.25, 0.3) is 0 Å². The molecule has 0 aromatic carbocycles. The number of pyridine rings is 1. The largest absolute Gasteiger partial charge is 0.357 e. The maximum atomic E-state index is 12.3. The average molecular weight is 327 g/mol. The standard InChI is InChI=1S/C16H26N4O.ClH/c1-4-20(5-2)15-7-6-14(11-18-15)19-16(21)13-8-9-17-12(3)10-13;/h6-7,11-13,17H,4-5,8-10H2,1-3H3,(H,19,21);1H/t12-,13-;/m0./s1. The van der Waals surface area contributed by atoms with Crippen molar-refractivity contribution in [3.05, 3.63) is 18.3 Å². The number of amides is 1. The molecule has 2 N–H and O–H groups in total. The number of carbonyl (C=O) groups excluding carboxylic acids is 1. The smallest absolute Gasteiger partial charge is 0.227 e. The van der Waals surface area contributed by atoms with E-state index in [4.69, 9.17) is 0 Å². The van der Waals surface area contributed by atoms with E-state index in [1.807, 2.05) is 12.1 Å². The van der Waals surface area contributed by atoms with Gasteiger partial charge in [-0.25, -0.2) is 4.98 Å². The fourth-order valence-corrected chi connectivity index (χ4v) is 2.81. The first kappa shape index (κ1) is 18.7. The van der Waals surface area contributed by atoms with E-state index in [9.17, 15) is 4.79 Å². The molecule has 0 radical (unpaired) electrons. The molecule has 22 heavy (non-hydrogen) atoms. The van der Waals surface area contributed by atoms with Gasteiger partial charge in [-0.3, -0.25) is 4.79 Å². The van der Waals surface area contributed by atoms with Crippen LogP contribution in [0.1, 0.15) is 33.6 Å². The Balaban J connectivity index is 0.00000242. The molecule has 2 heterocycles. The van der Waals surface area contributed by atoms with Crippen molar-refractivity contribution < 1.29 is 4.79 Å². The first-order valence-corrected chi connectivity index (χ1v) is 7.89. The van der Waals surface area contributed by atoms with E-state index in [0.717, 1.165) is 44.0 Å². The van der Waals surface area contributed by atoms with Crippen molar-refractivity contribution >= 4 is 29.8 Å². The van der Waals surface area contributed by atoms with E-state index in [1.54, 1.807) is 6.20 Å². The van der Waals surface area contributed by atoms with Gasteiger partial charge in [0, 0.05) is 25.0 Å². The molecular weight excluding hydrogens is 300 g/mol. The molecule has 2 atom stereocenters. The fraction of sp³-hybridized carbons (Fsp3) is 0.625. The molecule has 124 valence electrons. The second-order valence-corrected chi connectivity index (χ2v) is 5.64. The van der Waals surface area contributed by atoms with Crippen LogP contribution in [0.25, 0.3) is 0 Å². The third-order valence-corrected chi connectivity index (χ3v) is 4.10. The van der Waals surface area contributed by atoms with E-state index in [2.05, 4.69) is 41.3 Å². The topological polar surface area (TPSA) is 57.3 Å². The van der Waals surface area contributed by atoms with Crippen LogP contribution in [0.5, 0.6) is 0 Å². The number of hydrogen-bond donors (Lipinski definition) is 2. The molecule has 0 saturated carbocycles. The maximum Gasteiger partial charge on any atom is 0.227 e. The summed E-state index contributed by atoms with van der Waals surface area (Å²) < 4.78 is 0. The lowest BCUT2D eigenvalue weighted by Gasteiger charge is -2.27. The number of anilines is 2. The summed E-state index contributed by atoms with van der Waals surface area (Å²) in [4.78, 5) is 18.9. The van der Waals surface area contributed by atoms with Gasteiger partial charge < -0.3 is 15.5 Å². The van der Waals surface area contributed by atoms with E-state index in [-0.39, 0.29) is 24.2 Å². The predicted octanol–water partition coefficient (Wildman–Crippen LogP) is 2.68. The summed E-state index contributed by atoms with van der Waals surface area (Å²) in [6, 6.07) is 4.31. The minimum absolute atomic E-state index is 0. The van der Waals surface area contributed by atoms with Crippen LogP contribution in [0.15, 0.2) is 18.3 Å². The Morgan fingerprint density at radius 1 is 1.41 bits per heavy atom. The van der Waals surface area contributed by atoms with Gasteiger partial charge in [-0.15, -0.1) is 12.4 Å². The zero-order valence-corrected chi connectivity index (χ0v) is 14.4. The van der Waals surface area contributed by atoms with Crippen LogP contribution >= 0.6 is 12.4 Å². The van der Waals surface area contributed by atoms with Crippen molar-refractivity contribution in [1.29, 1.82) is 0 Å². The molecule has 1 aromatic heterocycles. The average Bonchev–Trinajstić information content (AvgIpc) is 2.50. The Hall–Kier alpha value is -1.33. The van der Waals surface area contributed by atoms with Gasteiger partial charge in [-0.05, 0) is 52.3 Å². The Labute approximate surface area is 139 Å². The van der Waals surface area contributed by atoms with Crippen LogP contribution in [0.3, 0.4) is 0 Å². The number of carbonyl (C=O) groups is 1. The van der Waals surface area contributed by atoms with Gasteiger partial charge in [0.05, 0.1) is 11.9 Å². The first-order valence-electron chi connectivity index (χ1n) is 7.89. The van der Waals surface area contributed by atoms with Gasteiger partial charge in [-0.2, -0.15) is 0 Å². The van der Waals surface area contributed by atoms with E-state index < -0.39 is 0 Å². The molecular formula is C16H27ClN4O. The molecule has 1 amide bonds. The third kappa shape index (κ3) is 4.85. The van der Waals surface area contributed by atoms with Crippen LogP contribution in [0.4, 0.5) is 11.5 Å². The molecule has 1 aromatic rings. The lowest BCUT2D eigenvalue weighted by atomic mass is 9.92. The van der Waals surface area contributed by atoms with Gasteiger partial charge in [-0.1, -0.05) is 0 Å². The van der Waals surface area contributed by atoms with Gasteiger partial charge >= 0.3 is 0 Å². The molecule has 1 aliphatic heterocycles. The van der Waals surface area contributed by atoms with Gasteiger partial charge in [0.1, 0.15) is 5.82 Å². The van der Waals surface area contributed by atoms with Crippen molar-refractivity contribution in [3.8, 4) is 0 Å². The number of halogens is 1. The van der Waals surface area contributed by atoms with Crippen LogP contribution in [-0.2, 0) is 4.79 Å². The molecule has 2 rings (SSSR count). The zero-order chi connectivity index (χ0) is 15.2. The maximum absolute atomic E-state index is 12.3. The number of nitrogens with zero attached hydrogens (tertiary/aromatic N) is 2. The van der Waals surface area contributed by atoms with Crippen molar-refractivity contribution in [3.63, 3.8) is 0 Å². The van der Waals surface area contributed by atoms with Crippen molar-refractivity contribution in [2.24, 2.45) is 5.92 Å². The Kier molecular flexibility index (Phi) is 7.62. The highest BCUT2D eigenvalue weighted by atomic mass is 35.5. The normalized spacial score (nSPS) is 20.9. The van der Waals surface area contributed by atoms with Crippen LogP contribution < -0.4 is 15.5 Å². The Morgan fingerprint density at radius 3 is 2.68 bits per heavy atom. The number of rotatable bonds is 5. The number of piperidine rings is 1. The lowest BCUT2D eigenvalue weighted by Crippen LogP contribution is -2.40. The zero-order valence-electron chi connectivity index (χ0n) is 13.6. The summed E-state index contributed by atoms with van der Waals surface area (Å²) in [7, 11) is 0. The fourth-order valence-electron chi connectivity index (χ4n) is 2.81. The summed E-state index contributed by atoms with van der Waals surface area (Å²) >= 11 is 0. The van der Waals surface area contributed by atoms with Crippen LogP contribution in [-0.4, -0.2) is 36.6 Å². The van der Waals surface area contributed by atoms with Crippen LogP contribution in [0.2, 0.25) is 0 Å². The first-order chi connectivity index (χ1) is 10.1. The monoisotopic (exact) mass is 326 g/mol. The quantitative estimate of drug-likeness (QED) is 0.873. The predicted molar refractivity (Wildman–Crippen MR) is 93.9 cm³/mol.